The molecule has 3 rings (SSSR count). The zero-order valence-electron chi connectivity index (χ0n) is 15.4. The molecule has 0 spiro atoms. The molecule has 0 aliphatic carbocycles. The summed E-state index contributed by atoms with van der Waals surface area (Å²) in [5, 5.41) is 6.23. The van der Waals surface area contributed by atoms with Crippen molar-refractivity contribution in [1.82, 2.24) is 10.3 Å². The molecule has 0 aliphatic rings. The van der Waals surface area contributed by atoms with Crippen molar-refractivity contribution >= 4 is 22.6 Å². The molecular formula is C20H21N3O4. The van der Waals surface area contributed by atoms with Gasteiger partial charge in [-0.05, 0) is 43.3 Å². The largest absolute Gasteiger partial charge is 0.493 e. The molecule has 0 saturated heterocycles. The summed E-state index contributed by atoms with van der Waals surface area (Å²) < 4.78 is 16.7. The Labute approximate surface area is 157 Å². The summed E-state index contributed by atoms with van der Waals surface area (Å²) in [7, 11) is 3.17. The molecule has 2 N–H and O–H groups in total. The molecule has 0 aliphatic heterocycles. The first-order chi connectivity index (χ1) is 13.1. The van der Waals surface area contributed by atoms with Gasteiger partial charge in [0.05, 0.1) is 19.7 Å². The number of amides is 2. The van der Waals surface area contributed by atoms with E-state index in [2.05, 4.69) is 15.6 Å². The second-order valence-electron chi connectivity index (χ2n) is 5.64. The van der Waals surface area contributed by atoms with Gasteiger partial charge in [0.2, 0.25) is 0 Å². The number of fused-ring (bicyclic) bond motifs is 1. The average molecular weight is 367 g/mol. The van der Waals surface area contributed by atoms with Crippen molar-refractivity contribution in [1.29, 1.82) is 0 Å². The van der Waals surface area contributed by atoms with Crippen LogP contribution in [0.15, 0.2) is 48.7 Å². The van der Waals surface area contributed by atoms with Gasteiger partial charge in [-0.15, -0.1) is 0 Å². The van der Waals surface area contributed by atoms with Gasteiger partial charge in [0.1, 0.15) is 11.5 Å². The van der Waals surface area contributed by atoms with Gasteiger partial charge in [0.25, 0.3) is 0 Å². The summed E-state index contributed by atoms with van der Waals surface area (Å²) in [5.74, 6) is 2.49. The summed E-state index contributed by atoms with van der Waals surface area (Å²) in [5.41, 5.74) is 1.42. The summed E-state index contributed by atoms with van der Waals surface area (Å²) >= 11 is 0. The number of hydrogen-bond acceptors (Lipinski definition) is 5. The number of aromatic nitrogens is 1. The van der Waals surface area contributed by atoms with E-state index in [1.165, 1.54) is 0 Å². The van der Waals surface area contributed by atoms with E-state index in [1.54, 1.807) is 56.8 Å². The van der Waals surface area contributed by atoms with Gasteiger partial charge in [0.15, 0.2) is 11.5 Å². The predicted molar refractivity (Wildman–Crippen MR) is 104 cm³/mol. The van der Waals surface area contributed by atoms with Gasteiger partial charge < -0.3 is 24.8 Å². The molecule has 2 aromatic carbocycles. The molecule has 0 radical (unpaired) electrons. The first-order valence-corrected chi connectivity index (χ1v) is 8.48. The number of carbonyl (C=O) groups excluding carboxylic acids is 1. The van der Waals surface area contributed by atoms with Crippen molar-refractivity contribution < 1.29 is 19.0 Å². The SMILES string of the molecule is CCNC(=O)Nc1ccc(Oc2ccnc3cc(OC)c(OC)cc23)cc1. The molecule has 1 aromatic heterocycles. The van der Waals surface area contributed by atoms with E-state index >= 15 is 0 Å². The topological polar surface area (TPSA) is 81.7 Å². The lowest BCUT2D eigenvalue weighted by Crippen LogP contribution is -2.28. The van der Waals surface area contributed by atoms with Crippen molar-refractivity contribution in [3.8, 4) is 23.0 Å². The average Bonchev–Trinajstić information content (AvgIpc) is 2.68. The highest BCUT2D eigenvalue weighted by Gasteiger charge is 2.11. The molecule has 0 bridgehead atoms. The van der Waals surface area contributed by atoms with Gasteiger partial charge in [-0.1, -0.05) is 0 Å². The fourth-order valence-corrected chi connectivity index (χ4v) is 2.61. The molecular weight excluding hydrogens is 346 g/mol. The molecule has 0 saturated carbocycles. The van der Waals surface area contributed by atoms with Crippen LogP contribution >= 0.6 is 0 Å². The lowest BCUT2D eigenvalue weighted by atomic mass is 10.2. The number of pyridine rings is 1. The fourth-order valence-electron chi connectivity index (χ4n) is 2.61. The Morgan fingerprint density at radius 3 is 2.37 bits per heavy atom. The van der Waals surface area contributed by atoms with E-state index in [0.29, 0.717) is 35.2 Å². The maximum absolute atomic E-state index is 11.6. The molecule has 7 heteroatoms. The van der Waals surface area contributed by atoms with Crippen LogP contribution in [0.1, 0.15) is 6.92 Å². The number of nitrogens with one attached hydrogen (secondary N) is 2. The number of urea groups is 1. The number of ether oxygens (including phenoxy) is 3. The number of rotatable bonds is 6. The van der Waals surface area contributed by atoms with E-state index in [-0.39, 0.29) is 6.03 Å². The lowest BCUT2D eigenvalue weighted by Gasteiger charge is -2.12. The van der Waals surface area contributed by atoms with Crippen LogP contribution in [-0.2, 0) is 0 Å². The molecule has 2 amide bonds. The highest BCUT2D eigenvalue weighted by atomic mass is 16.5. The van der Waals surface area contributed by atoms with Crippen LogP contribution in [-0.4, -0.2) is 31.8 Å². The Morgan fingerprint density at radius 2 is 1.70 bits per heavy atom. The first kappa shape index (κ1) is 18.3. The van der Waals surface area contributed by atoms with E-state index < -0.39 is 0 Å². The van der Waals surface area contributed by atoms with Crippen LogP contribution in [0.25, 0.3) is 10.9 Å². The van der Waals surface area contributed by atoms with Crippen LogP contribution in [0.3, 0.4) is 0 Å². The van der Waals surface area contributed by atoms with Crippen LogP contribution in [0.2, 0.25) is 0 Å². The van der Waals surface area contributed by atoms with Crippen molar-refractivity contribution in [3.05, 3.63) is 48.7 Å². The minimum atomic E-state index is -0.243. The minimum absolute atomic E-state index is 0.243. The highest BCUT2D eigenvalue weighted by Crippen LogP contribution is 2.36. The Balaban J connectivity index is 1.85. The molecule has 27 heavy (non-hydrogen) atoms. The normalized spacial score (nSPS) is 10.3. The van der Waals surface area contributed by atoms with Crippen molar-refractivity contribution in [2.45, 2.75) is 6.92 Å². The second-order valence-corrected chi connectivity index (χ2v) is 5.64. The van der Waals surface area contributed by atoms with Gasteiger partial charge in [0, 0.05) is 29.9 Å². The fraction of sp³-hybridized carbons (Fsp3) is 0.200. The van der Waals surface area contributed by atoms with E-state index in [9.17, 15) is 4.79 Å². The summed E-state index contributed by atoms with van der Waals surface area (Å²) in [6.07, 6.45) is 1.68. The van der Waals surface area contributed by atoms with Gasteiger partial charge in [-0.2, -0.15) is 0 Å². The van der Waals surface area contributed by atoms with E-state index in [4.69, 9.17) is 14.2 Å². The first-order valence-electron chi connectivity index (χ1n) is 8.48. The Bertz CT molecular complexity index is 942. The van der Waals surface area contributed by atoms with Gasteiger partial charge in [-0.3, -0.25) is 4.98 Å². The number of anilines is 1. The molecule has 3 aromatic rings. The number of nitrogens with zero attached hydrogens (tertiary/aromatic N) is 1. The number of hydrogen-bond donors (Lipinski definition) is 2. The van der Waals surface area contributed by atoms with Crippen LogP contribution < -0.4 is 24.8 Å². The Kier molecular flexibility index (Phi) is 5.61. The minimum Gasteiger partial charge on any atom is -0.493 e. The molecule has 140 valence electrons. The molecule has 0 fully saturated rings. The highest BCUT2D eigenvalue weighted by molar-refractivity contribution is 5.89. The third kappa shape index (κ3) is 4.20. The Hall–Kier alpha value is -3.48. The predicted octanol–water partition coefficient (Wildman–Crippen LogP) is 4.19. The zero-order chi connectivity index (χ0) is 19.2. The van der Waals surface area contributed by atoms with Crippen molar-refractivity contribution in [2.24, 2.45) is 0 Å². The maximum atomic E-state index is 11.6. The van der Waals surface area contributed by atoms with Crippen LogP contribution in [0.5, 0.6) is 23.0 Å². The molecule has 7 nitrogen and oxygen atoms in total. The van der Waals surface area contributed by atoms with Gasteiger partial charge in [-0.25, -0.2) is 4.79 Å². The maximum Gasteiger partial charge on any atom is 0.319 e. The zero-order valence-corrected chi connectivity index (χ0v) is 15.4. The van der Waals surface area contributed by atoms with Crippen LogP contribution in [0.4, 0.5) is 10.5 Å². The number of carbonyl (C=O) groups is 1. The molecule has 0 atom stereocenters. The summed E-state index contributed by atoms with van der Waals surface area (Å²) in [6, 6.07) is 12.3. The monoisotopic (exact) mass is 367 g/mol. The van der Waals surface area contributed by atoms with E-state index in [0.717, 1.165) is 10.9 Å². The van der Waals surface area contributed by atoms with Crippen molar-refractivity contribution in [2.75, 3.05) is 26.1 Å². The second kappa shape index (κ2) is 8.27. The smallest absolute Gasteiger partial charge is 0.319 e. The summed E-state index contributed by atoms with van der Waals surface area (Å²) in [6.45, 7) is 2.43. The third-order valence-corrected chi connectivity index (χ3v) is 3.88. The van der Waals surface area contributed by atoms with Crippen LogP contribution in [0, 0.1) is 0 Å². The standard InChI is InChI=1S/C20H21N3O4/c1-4-21-20(24)23-13-5-7-14(8-6-13)27-17-9-10-22-16-12-19(26-3)18(25-2)11-15(16)17/h5-12H,4H2,1-3H3,(H2,21,23,24). The van der Waals surface area contributed by atoms with Crippen molar-refractivity contribution in [3.63, 3.8) is 0 Å². The lowest BCUT2D eigenvalue weighted by molar-refractivity contribution is 0.252. The quantitative estimate of drug-likeness (QED) is 0.683. The summed E-state index contributed by atoms with van der Waals surface area (Å²) in [4.78, 5) is 15.9. The van der Waals surface area contributed by atoms with E-state index in [1.807, 2.05) is 13.0 Å². The number of benzene rings is 2. The molecule has 0 unspecified atom stereocenters. The Morgan fingerprint density at radius 1 is 1.00 bits per heavy atom. The molecule has 1 heterocycles. The number of methoxy groups -OCH3 is 2. The van der Waals surface area contributed by atoms with Gasteiger partial charge >= 0.3 is 6.03 Å². The third-order valence-electron chi connectivity index (χ3n) is 3.88.